The number of fused-ring (bicyclic) bond motifs is 2. The summed E-state index contributed by atoms with van der Waals surface area (Å²) in [5.41, 5.74) is -0.298. The lowest BCUT2D eigenvalue weighted by molar-refractivity contribution is -0.383. The molecule has 0 radical (unpaired) electrons. The topological polar surface area (TPSA) is 96.2 Å². The maximum Gasteiger partial charge on any atom is 0.293 e. The zero-order valence-electron chi connectivity index (χ0n) is 9.88. The number of rotatable bonds is 1. The van der Waals surface area contributed by atoms with Crippen molar-refractivity contribution < 1.29 is 10.0 Å². The van der Waals surface area contributed by atoms with Crippen molar-refractivity contribution in [3.63, 3.8) is 0 Å². The third-order valence-electron chi connectivity index (χ3n) is 3.06. The fraction of sp³-hybridized carbons (Fsp3) is 0. The van der Waals surface area contributed by atoms with Crippen molar-refractivity contribution in [1.82, 2.24) is 4.98 Å². The Balaban J connectivity index is 2.62. The van der Waals surface area contributed by atoms with E-state index in [0.717, 1.165) is 0 Å². The van der Waals surface area contributed by atoms with Gasteiger partial charge in [-0.3, -0.25) is 14.9 Å². The van der Waals surface area contributed by atoms with E-state index >= 15 is 0 Å². The fourth-order valence-electron chi connectivity index (χ4n) is 2.17. The van der Waals surface area contributed by atoms with Crippen molar-refractivity contribution in [3.8, 4) is 5.75 Å². The number of nitrogens with zero attached hydrogens (tertiary/aromatic N) is 1. The minimum atomic E-state index is -0.594. The van der Waals surface area contributed by atoms with Crippen LogP contribution in [0.25, 0.3) is 21.8 Å². The maximum absolute atomic E-state index is 12.4. The molecule has 0 atom stereocenters. The van der Waals surface area contributed by atoms with E-state index in [9.17, 15) is 20.0 Å². The minimum Gasteiger partial charge on any atom is -0.508 e. The molecule has 3 rings (SSSR count). The molecule has 0 aliphatic heterocycles. The SMILES string of the molecule is O=c1c2ccc(O)cc2[nH]c2c([N+](=O)[O-])ccc(Cl)c12. The molecular weight excluding hydrogens is 284 g/mol. The predicted molar refractivity (Wildman–Crippen MR) is 75.4 cm³/mol. The quantitative estimate of drug-likeness (QED) is 0.409. The highest BCUT2D eigenvalue weighted by Gasteiger charge is 2.18. The Morgan fingerprint density at radius 2 is 2.00 bits per heavy atom. The van der Waals surface area contributed by atoms with Crippen LogP contribution in [0.2, 0.25) is 5.02 Å². The van der Waals surface area contributed by atoms with E-state index < -0.39 is 10.4 Å². The monoisotopic (exact) mass is 290 g/mol. The molecule has 3 aromatic rings. The summed E-state index contributed by atoms with van der Waals surface area (Å²) < 4.78 is 0. The summed E-state index contributed by atoms with van der Waals surface area (Å²) in [5.74, 6) is -0.0443. The highest BCUT2D eigenvalue weighted by Crippen LogP contribution is 2.30. The molecule has 1 heterocycles. The minimum absolute atomic E-state index is 0.0443. The summed E-state index contributed by atoms with van der Waals surface area (Å²) in [6, 6.07) is 6.70. The molecule has 0 bridgehead atoms. The number of non-ortho nitro benzene ring substituents is 1. The van der Waals surface area contributed by atoms with Gasteiger partial charge in [0.15, 0.2) is 5.43 Å². The van der Waals surface area contributed by atoms with E-state index in [2.05, 4.69) is 4.98 Å². The molecule has 2 aromatic carbocycles. The van der Waals surface area contributed by atoms with Crippen LogP contribution in [0.15, 0.2) is 35.1 Å². The second-order valence-electron chi connectivity index (χ2n) is 4.26. The lowest BCUT2D eigenvalue weighted by Gasteiger charge is -2.05. The summed E-state index contributed by atoms with van der Waals surface area (Å²) in [6.07, 6.45) is 0. The molecule has 1 aromatic heterocycles. The molecule has 0 spiro atoms. The Labute approximate surface area is 116 Å². The van der Waals surface area contributed by atoms with Crippen molar-refractivity contribution in [3.05, 3.63) is 55.7 Å². The average Bonchev–Trinajstić information content (AvgIpc) is 2.38. The Morgan fingerprint density at radius 3 is 2.70 bits per heavy atom. The van der Waals surface area contributed by atoms with Gasteiger partial charge >= 0.3 is 0 Å². The average molecular weight is 291 g/mol. The second kappa shape index (κ2) is 4.21. The number of nitrogens with one attached hydrogen (secondary N) is 1. The lowest BCUT2D eigenvalue weighted by Crippen LogP contribution is -2.06. The van der Waals surface area contributed by atoms with Gasteiger partial charge < -0.3 is 10.1 Å². The number of aromatic hydroxyl groups is 1. The van der Waals surface area contributed by atoms with Crippen molar-refractivity contribution in [2.45, 2.75) is 0 Å². The van der Waals surface area contributed by atoms with Crippen LogP contribution >= 0.6 is 11.6 Å². The van der Waals surface area contributed by atoms with Crippen LogP contribution < -0.4 is 5.43 Å². The van der Waals surface area contributed by atoms with Gasteiger partial charge in [-0.15, -0.1) is 0 Å². The lowest BCUT2D eigenvalue weighted by atomic mass is 10.1. The van der Waals surface area contributed by atoms with E-state index in [1.165, 1.54) is 30.3 Å². The molecule has 0 saturated heterocycles. The Morgan fingerprint density at radius 1 is 1.25 bits per heavy atom. The van der Waals surface area contributed by atoms with Crippen molar-refractivity contribution in [1.29, 1.82) is 0 Å². The standard InChI is InChI=1S/C13H7ClN2O4/c14-8-3-4-10(16(19)20)12-11(8)13(18)7-2-1-6(17)5-9(7)15-12/h1-5,17H,(H,15,18). The van der Waals surface area contributed by atoms with E-state index in [0.29, 0.717) is 10.9 Å². The number of benzene rings is 2. The van der Waals surface area contributed by atoms with Crippen LogP contribution in [0.5, 0.6) is 5.75 Å². The van der Waals surface area contributed by atoms with Crippen LogP contribution in [0.1, 0.15) is 0 Å². The number of hydrogen-bond donors (Lipinski definition) is 2. The molecule has 0 amide bonds. The Hall–Kier alpha value is -2.60. The number of phenolic OH excluding ortho intramolecular Hbond substituents is 1. The molecule has 2 N–H and O–H groups in total. The van der Waals surface area contributed by atoms with Crippen LogP contribution in [0, 0.1) is 10.1 Å². The number of nitro groups is 1. The van der Waals surface area contributed by atoms with Gasteiger partial charge in [-0.1, -0.05) is 11.6 Å². The zero-order chi connectivity index (χ0) is 14.4. The Bertz CT molecular complexity index is 933. The molecular formula is C13H7ClN2O4. The number of halogens is 1. The van der Waals surface area contributed by atoms with E-state index in [4.69, 9.17) is 11.6 Å². The van der Waals surface area contributed by atoms with Gasteiger partial charge in [-0.05, 0) is 18.2 Å². The largest absolute Gasteiger partial charge is 0.508 e. The van der Waals surface area contributed by atoms with Gasteiger partial charge in [0.2, 0.25) is 0 Å². The third-order valence-corrected chi connectivity index (χ3v) is 3.38. The highest BCUT2D eigenvalue weighted by molar-refractivity contribution is 6.36. The number of aromatic nitrogens is 1. The summed E-state index contributed by atoms with van der Waals surface area (Å²) >= 11 is 5.98. The number of nitro benzene ring substituents is 1. The Kier molecular flexibility index (Phi) is 2.62. The van der Waals surface area contributed by atoms with E-state index in [-0.39, 0.29) is 27.4 Å². The van der Waals surface area contributed by atoms with Gasteiger partial charge in [0.05, 0.1) is 20.8 Å². The maximum atomic E-state index is 12.4. The second-order valence-corrected chi connectivity index (χ2v) is 4.66. The van der Waals surface area contributed by atoms with E-state index in [1.54, 1.807) is 0 Å². The van der Waals surface area contributed by atoms with Crippen molar-refractivity contribution in [2.24, 2.45) is 0 Å². The van der Waals surface area contributed by atoms with Crippen LogP contribution in [0.4, 0.5) is 5.69 Å². The summed E-state index contributed by atoms with van der Waals surface area (Å²) in [5, 5.41) is 21.0. The van der Waals surface area contributed by atoms with Gasteiger partial charge in [0.25, 0.3) is 5.69 Å². The smallest absolute Gasteiger partial charge is 0.293 e. The fourth-order valence-corrected chi connectivity index (χ4v) is 2.41. The summed E-state index contributed by atoms with van der Waals surface area (Å²) in [7, 11) is 0. The number of H-pyrrole nitrogens is 1. The number of hydrogen-bond acceptors (Lipinski definition) is 4. The molecule has 0 fully saturated rings. The molecule has 7 heteroatoms. The van der Waals surface area contributed by atoms with Gasteiger partial charge in [0.1, 0.15) is 11.3 Å². The number of aromatic amines is 1. The van der Waals surface area contributed by atoms with Crippen molar-refractivity contribution in [2.75, 3.05) is 0 Å². The first-order valence-electron chi connectivity index (χ1n) is 5.60. The van der Waals surface area contributed by atoms with Crippen LogP contribution in [-0.4, -0.2) is 15.0 Å². The summed E-state index contributed by atoms with van der Waals surface area (Å²) in [6.45, 7) is 0. The third kappa shape index (κ3) is 1.70. The van der Waals surface area contributed by atoms with Crippen LogP contribution in [0.3, 0.4) is 0 Å². The zero-order valence-corrected chi connectivity index (χ0v) is 10.6. The van der Waals surface area contributed by atoms with Gasteiger partial charge in [-0.25, -0.2) is 0 Å². The highest BCUT2D eigenvalue weighted by atomic mass is 35.5. The first kappa shape index (κ1) is 12.4. The van der Waals surface area contributed by atoms with E-state index in [1.807, 2.05) is 0 Å². The van der Waals surface area contributed by atoms with Crippen LogP contribution in [-0.2, 0) is 0 Å². The van der Waals surface area contributed by atoms with Gasteiger partial charge in [0, 0.05) is 17.5 Å². The molecule has 0 aliphatic rings. The molecule has 0 unspecified atom stereocenters. The van der Waals surface area contributed by atoms with Gasteiger partial charge in [-0.2, -0.15) is 0 Å². The number of pyridine rings is 1. The first-order valence-corrected chi connectivity index (χ1v) is 5.98. The summed E-state index contributed by atoms with van der Waals surface area (Å²) in [4.78, 5) is 25.6. The predicted octanol–water partition coefficient (Wildman–Crippen LogP) is 2.95. The molecule has 0 aliphatic carbocycles. The van der Waals surface area contributed by atoms with Crippen molar-refractivity contribution >= 4 is 39.1 Å². The molecule has 6 nitrogen and oxygen atoms in total. The normalized spacial score (nSPS) is 11.1. The molecule has 20 heavy (non-hydrogen) atoms. The number of phenols is 1. The molecule has 100 valence electrons. The molecule has 0 saturated carbocycles. The first-order chi connectivity index (χ1) is 9.49.